The summed E-state index contributed by atoms with van der Waals surface area (Å²) >= 11 is 0. The first kappa shape index (κ1) is 18.6. The molecular weight excluding hydrogens is 384 g/mol. The van der Waals surface area contributed by atoms with Crippen molar-refractivity contribution in [3.63, 3.8) is 0 Å². The first-order valence-corrected chi connectivity index (χ1v) is 11.0. The van der Waals surface area contributed by atoms with Crippen LogP contribution in [0.5, 0.6) is 0 Å². The van der Waals surface area contributed by atoms with Crippen molar-refractivity contribution in [2.24, 2.45) is 0 Å². The zero-order chi connectivity index (χ0) is 21.3. The van der Waals surface area contributed by atoms with Crippen molar-refractivity contribution in [2.75, 3.05) is 0 Å². The van der Waals surface area contributed by atoms with Gasteiger partial charge in [0, 0.05) is 0 Å². The van der Waals surface area contributed by atoms with E-state index in [1.807, 2.05) is 0 Å². The van der Waals surface area contributed by atoms with Crippen LogP contribution in [0.4, 0.5) is 0 Å². The van der Waals surface area contributed by atoms with E-state index < -0.39 is 0 Å². The third-order valence-corrected chi connectivity index (χ3v) is 6.25. The number of rotatable bonds is 3. The summed E-state index contributed by atoms with van der Waals surface area (Å²) in [7, 11) is 0. The molecule has 0 aliphatic carbocycles. The minimum absolute atomic E-state index is 1.21. The van der Waals surface area contributed by atoms with Crippen LogP contribution in [-0.2, 0) is 0 Å². The smallest absolute Gasteiger partial charge is 0.00994 e. The van der Waals surface area contributed by atoms with Crippen molar-refractivity contribution in [3.8, 4) is 11.1 Å². The van der Waals surface area contributed by atoms with Gasteiger partial charge in [0.05, 0.1) is 0 Å². The molecule has 0 bridgehead atoms. The predicted molar refractivity (Wildman–Crippen MR) is 140 cm³/mol. The lowest BCUT2D eigenvalue weighted by Gasteiger charge is -2.09. The van der Waals surface area contributed by atoms with Crippen molar-refractivity contribution in [1.82, 2.24) is 0 Å². The van der Waals surface area contributed by atoms with Gasteiger partial charge in [-0.2, -0.15) is 0 Å². The molecule has 0 spiro atoms. The van der Waals surface area contributed by atoms with Crippen LogP contribution in [0.2, 0.25) is 0 Å². The van der Waals surface area contributed by atoms with Crippen LogP contribution in [0.3, 0.4) is 0 Å². The normalized spacial score (nSPS) is 11.6. The Labute approximate surface area is 188 Å². The van der Waals surface area contributed by atoms with Gasteiger partial charge in [-0.15, -0.1) is 0 Å². The van der Waals surface area contributed by atoms with Crippen LogP contribution >= 0.6 is 0 Å². The van der Waals surface area contributed by atoms with E-state index in [1.165, 1.54) is 54.6 Å². The van der Waals surface area contributed by atoms with E-state index in [0.717, 1.165) is 0 Å². The fourth-order valence-corrected chi connectivity index (χ4v) is 4.67. The molecule has 0 radical (unpaired) electrons. The van der Waals surface area contributed by atoms with Crippen LogP contribution < -0.4 is 0 Å². The van der Waals surface area contributed by atoms with Gasteiger partial charge in [-0.3, -0.25) is 0 Å². The van der Waals surface area contributed by atoms with Gasteiger partial charge in [-0.1, -0.05) is 121 Å². The summed E-state index contributed by atoms with van der Waals surface area (Å²) in [5.74, 6) is 0. The molecule has 6 aromatic rings. The molecule has 0 saturated carbocycles. The van der Waals surface area contributed by atoms with Crippen LogP contribution in [0, 0.1) is 0 Å². The predicted octanol–water partition coefficient (Wildman–Crippen LogP) is 8.98. The summed E-state index contributed by atoms with van der Waals surface area (Å²) in [6.45, 7) is 0. The monoisotopic (exact) mass is 406 g/mol. The van der Waals surface area contributed by atoms with Gasteiger partial charge < -0.3 is 0 Å². The molecule has 0 heteroatoms. The highest BCUT2D eigenvalue weighted by atomic mass is 14.1. The highest BCUT2D eigenvalue weighted by Gasteiger charge is 2.06. The molecule has 150 valence electrons. The van der Waals surface area contributed by atoms with Gasteiger partial charge in [0.25, 0.3) is 0 Å². The first-order chi connectivity index (χ1) is 15.9. The quantitative estimate of drug-likeness (QED) is 0.203. The molecule has 32 heavy (non-hydrogen) atoms. The Bertz CT molecular complexity index is 1600. The largest absolute Gasteiger partial charge is 0.0622 e. The van der Waals surface area contributed by atoms with Crippen LogP contribution in [0.25, 0.3) is 55.6 Å². The third kappa shape index (κ3) is 3.27. The maximum atomic E-state index is 2.30. The fourth-order valence-electron chi connectivity index (χ4n) is 4.67. The molecule has 0 aliphatic heterocycles. The van der Waals surface area contributed by atoms with Gasteiger partial charge in [0.15, 0.2) is 0 Å². The van der Waals surface area contributed by atoms with Crippen LogP contribution in [0.15, 0.2) is 121 Å². The molecule has 0 atom stereocenters. The lowest BCUT2D eigenvalue weighted by Crippen LogP contribution is -1.84. The molecule has 0 nitrogen and oxygen atoms in total. The summed E-state index contributed by atoms with van der Waals surface area (Å²) in [6.07, 6.45) is 4.48. The van der Waals surface area contributed by atoms with Crippen LogP contribution in [0.1, 0.15) is 11.1 Å². The van der Waals surface area contributed by atoms with Gasteiger partial charge >= 0.3 is 0 Å². The molecule has 0 aromatic heterocycles. The van der Waals surface area contributed by atoms with Crippen molar-refractivity contribution >= 4 is 44.5 Å². The lowest BCUT2D eigenvalue weighted by molar-refractivity contribution is 1.64. The summed E-state index contributed by atoms with van der Waals surface area (Å²) in [6, 6.07) is 43.5. The minimum Gasteiger partial charge on any atom is -0.0622 e. The second kappa shape index (κ2) is 7.83. The summed E-state index contributed by atoms with van der Waals surface area (Å²) in [5.41, 5.74) is 4.98. The molecule has 0 unspecified atom stereocenters. The minimum atomic E-state index is 1.21. The maximum absolute atomic E-state index is 2.30. The lowest BCUT2D eigenvalue weighted by atomic mass is 9.95. The third-order valence-electron chi connectivity index (χ3n) is 6.25. The second-order valence-electron chi connectivity index (χ2n) is 8.22. The fraction of sp³-hybridized carbons (Fsp3) is 0. The summed E-state index contributed by atoms with van der Waals surface area (Å²) in [4.78, 5) is 0. The van der Waals surface area contributed by atoms with Crippen molar-refractivity contribution < 1.29 is 0 Å². The number of hydrogen-bond acceptors (Lipinski definition) is 0. The van der Waals surface area contributed by atoms with Crippen molar-refractivity contribution in [1.29, 1.82) is 0 Å². The SMILES string of the molecule is C(=C/c1cc2ccccc2c2ccccc12)/c1ccc2cccc(-c3ccccc3)c2c1. The van der Waals surface area contributed by atoms with Crippen molar-refractivity contribution in [2.45, 2.75) is 0 Å². The standard InChI is InChI=1S/C32H22/c1-2-9-24(10-3-1)28-16-8-12-25-19-17-23(21-32(25)28)18-20-27-22-26-11-4-5-13-29(26)31-15-7-6-14-30(27)31/h1-22H/b20-18-. The van der Waals surface area contributed by atoms with E-state index in [4.69, 9.17) is 0 Å². The van der Waals surface area contributed by atoms with Gasteiger partial charge in [0.2, 0.25) is 0 Å². The summed E-state index contributed by atoms with van der Waals surface area (Å²) in [5, 5.41) is 7.71. The van der Waals surface area contributed by atoms with E-state index in [2.05, 4.69) is 133 Å². The van der Waals surface area contributed by atoms with Gasteiger partial charge in [-0.05, 0) is 66.7 Å². The van der Waals surface area contributed by atoms with Gasteiger partial charge in [0.1, 0.15) is 0 Å². The Hall–Kier alpha value is -4.16. The Balaban J connectivity index is 1.48. The molecule has 0 fully saturated rings. The molecular formula is C32H22. The molecule has 0 N–H and O–H groups in total. The second-order valence-corrected chi connectivity index (χ2v) is 8.22. The Morgan fingerprint density at radius 1 is 0.406 bits per heavy atom. The highest BCUT2D eigenvalue weighted by molar-refractivity contribution is 6.11. The highest BCUT2D eigenvalue weighted by Crippen LogP contribution is 2.32. The molecule has 6 rings (SSSR count). The summed E-state index contributed by atoms with van der Waals surface area (Å²) < 4.78 is 0. The zero-order valence-corrected chi connectivity index (χ0v) is 17.7. The number of benzene rings is 6. The molecule has 0 saturated heterocycles. The Morgan fingerprint density at radius 3 is 2.00 bits per heavy atom. The molecule has 0 aliphatic rings. The maximum Gasteiger partial charge on any atom is -0.00994 e. The van der Waals surface area contributed by atoms with E-state index in [1.54, 1.807) is 0 Å². The number of fused-ring (bicyclic) bond motifs is 4. The van der Waals surface area contributed by atoms with Gasteiger partial charge in [-0.25, -0.2) is 0 Å². The average molecular weight is 407 g/mol. The molecule has 0 amide bonds. The topological polar surface area (TPSA) is 0 Å². The Morgan fingerprint density at radius 2 is 1.12 bits per heavy atom. The van der Waals surface area contributed by atoms with E-state index in [-0.39, 0.29) is 0 Å². The average Bonchev–Trinajstić information content (AvgIpc) is 2.87. The van der Waals surface area contributed by atoms with Crippen molar-refractivity contribution in [3.05, 3.63) is 132 Å². The van der Waals surface area contributed by atoms with E-state index >= 15 is 0 Å². The van der Waals surface area contributed by atoms with E-state index in [0.29, 0.717) is 0 Å². The number of hydrogen-bond donors (Lipinski definition) is 0. The van der Waals surface area contributed by atoms with Crippen LogP contribution in [-0.4, -0.2) is 0 Å². The van der Waals surface area contributed by atoms with E-state index in [9.17, 15) is 0 Å². The Kier molecular flexibility index (Phi) is 4.55. The first-order valence-electron chi connectivity index (χ1n) is 11.0. The zero-order valence-electron chi connectivity index (χ0n) is 17.7. The molecule has 6 aromatic carbocycles. The molecule has 0 heterocycles.